The normalized spacial score (nSPS) is 10.1. The third kappa shape index (κ3) is 2.35. The molecular formula is C10H9ClN4O3. The Bertz CT molecular complexity index is 584. The largest absolute Gasteiger partial charge is 0.495 e. The van der Waals surface area contributed by atoms with E-state index in [0.29, 0.717) is 16.5 Å². The molecule has 0 saturated carbocycles. The summed E-state index contributed by atoms with van der Waals surface area (Å²) in [6.07, 6.45) is 0. The molecule has 1 amide bonds. The number of anilines is 2. The summed E-state index contributed by atoms with van der Waals surface area (Å²) < 4.78 is 9.36. The molecule has 0 aliphatic heterocycles. The van der Waals surface area contributed by atoms with Crippen LogP contribution >= 0.6 is 11.6 Å². The Morgan fingerprint density at radius 2 is 2.28 bits per heavy atom. The Morgan fingerprint density at radius 3 is 2.89 bits per heavy atom. The molecule has 2 aromatic rings. The zero-order valence-electron chi connectivity index (χ0n) is 9.31. The lowest BCUT2D eigenvalue weighted by molar-refractivity contribution is 0.101. The van der Waals surface area contributed by atoms with Crippen LogP contribution in [0.15, 0.2) is 22.8 Å². The maximum Gasteiger partial charge on any atom is 0.281 e. The first-order valence-corrected chi connectivity index (χ1v) is 5.22. The molecule has 1 heterocycles. The van der Waals surface area contributed by atoms with Crippen LogP contribution in [-0.4, -0.2) is 23.3 Å². The first kappa shape index (κ1) is 12.2. The number of methoxy groups -OCH3 is 1. The highest BCUT2D eigenvalue weighted by Gasteiger charge is 2.16. The van der Waals surface area contributed by atoms with E-state index in [0.717, 1.165) is 0 Å². The van der Waals surface area contributed by atoms with Crippen LogP contribution in [0.25, 0.3) is 0 Å². The average Bonchev–Trinajstić information content (AvgIpc) is 2.78. The summed E-state index contributed by atoms with van der Waals surface area (Å²) in [5, 5.41) is 9.71. The van der Waals surface area contributed by atoms with Crippen LogP contribution < -0.4 is 15.8 Å². The summed E-state index contributed by atoms with van der Waals surface area (Å²) in [5.41, 5.74) is 5.81. The van der Waals surface area contributed by atoms with Gasteiger partial charge in [-0.05, 0) is 22.4 Å². The van der Waals surface area contributed by atoms with Crippen molar-refractivity contribution in [2.45, 2.75) is 0 Å². The molecule has 1 aromatic carbocycles. The number of ether oxygens (including phenoxy) is 1. The molecule has 0 aliphatic carbocycles. The zero-order chi connectivity index (χ0) is 13.1. The molecule has 8 heteroatoms. The van der Waals surface area contributed by atoms with E-state index in [-0.39, 0.29) is 11.5 Å². The van der Waals surface area contributed by atoms with Crippen molar-refractivity contribution in [2.24, 2.45) is 0 Å². The van der Waals surface area contributed by atoms with E-state index >= 15 is 0 Å². The molecule has 7 nitrogen and oxygen atoms in total. The molecule has 0 radical (unpaired) electrons. The molecule has 3 N–H and O–H groups in total. The number of nitrogens with zero attached hydrogens (tertiary/aromatic N) is 2. The van der Waals surface area contributed by atoms with Crippen molar-refractivity contribution in [3.63, 3.8) is 0 Å². The van der Waals surface area contributed by atoms with Crippen LogP contribution in [0.2, 0.25) is 5.02 Å². The minimum Gasteiger partial charge on any atom is -0.495 e. The monoisotopic (exact) mass is 268 g/mol. The quantitative estimate of drug-likeness (QED) is 0.876. The number of amides is 1. The number of nitrogens with two attached hydrogens (primary N) is 1. The molecule has 0 fully saturated rings. The van der Waals surface area contributed by atoms with Gasteiger partial charge in [-0.15, -0.1) is 0 Å². The van der Waals surface area contributed by atoms with Gasteiger partial charge in [-0.2, -0.15) is 0 Å². The van der Waals surface area contributed by atoms with E-state index in [1.54, 1.807) is 18.2 Å². The van der Waals surface area contributed by atoms with Gasteiger partial charge in [-0.25, -0.2) is 4.63 Å². The maximum atomic E-state index is 11.8. The molecule has 0 unspecified atom stereocenters. The molecule has 1 aromatic heterocycles. The fourth-order valence-corrected chi connectivity index (χ4v) is 1.48. The fourth-order valence-electron chi connectivity index (χ4n) is 1.28. The van der Waals surface area contributed by atoms with Crippen LogP contribution in [0, 0.1) is 0 Å². The smallest absolute Gasteiger partial charge is 0.281 e. The number of hydrogen-bond acceptors (Lipinski definition) is 6. The van der Waals surface area contributed by atoms with E-state index in [4.69, 9.17) is 22.1 Å². The predicted octanol–water partition coefficient (Wildman–Crippen LogP) is 1.57. The molecular weight excluding hydrogens is 260 g/mol. The van der Waals surface area contributed by atoms with Gasteiger partial charge in [0.05, 0.1) is 12.1 Å². The average molecular weight is 269 g/mol. The molecule has 94 valence electrons. The second-order valence-corrected chi connectivity index (χ2v) is 3.71. The lowest BCUT2D eigenvalue weighted by Crippen LogP contribution is -2.14. The van der Waals surface area contributed by atoms with Crippen molar-refractivity contribution in [1.82, 2.24) is 10.3 Å². The van der Waals surface area contributed by atoms with Crippen molar-refractivity contribution in [3.8, 4) is 5.75 Å². The van der Waals surface area contributed by atoms with E-state index in [9.17, 15) is 4.79 Å². The fraction of sp³-hybridized carbons (Fsp3) is 0.100. The molecule has 0 saturated heterocycles. The van der Waals surface area contributed by atoms with Crippen molar-refractivity contribution in [2.75, 3.05) is 18.2 Å². The number of halogens is 1. The standard InChI is InChI=1S/C10H9ClN4O3/c1-17-7-4-5(2-3-6(7)11)13-10(16)8-9(12)15-18-14-8/h2-4H,1H3,(H2,12,15)(H,13,16). The van der Waals surface area contributed by atoms with E-state index < -0.39 is 5.91 Å². The van der Waals surface area contributed by atoms with Crippen molar-refractivity contribution in [3.05, 3.63) is 28.9 Å². The predicted molar refractivity (Wildman–Crippen MR) is 64.7 cm³/mol. The zero-order valence-corrected chi connectivity index (χ0v) is 10.1. The first-order valence-electron chi connectivity index (χ1n) is 4.84. The summed E-state index contributed by atoms with van der Waals surface area (Å²) in [4.78, 5) is 11.8. The van der Waals surface area contributed by atoms with Crippen LogP contribution in [-0.2, 0) is 0 Å². The third-order valence-electron chi connectivity index (χ3n) is 2.14. The second-order valence-electron chi connectivity index (χ2n) is 3.30. The van der Waals surface area contributed by atoms with Crippen LogP contribution in [0.4, 0.5) is 11.5 Å². The minimum absolute atomic E-state index is 0.0755. The highest BCUT2D eigenvalue weighted by atomic mass is 35.5. The van der Waals surface area contributed by atoms with Gasteiger partial charge in [-0.1, -0.05) is 11.6 Å². The van der Waals surface area contributed by atoms with Crippen molar-refractivity contribution < 1.29 is 14.2 Å². The van der Waals surface area contributed by atoms with Crippen molar-refractivity contribution in [1.29, 1.82) is 0 Å². The van der Waals surface area contributed by atoms with Crippen LogP contribution in [0.1, 0.15) is 10.5 Å². The highest BCUT2D eigenvalue weighted by Crippen LogP contribution is 2.27. The number of aromatic nitrogens is 2. The molecule has 0 atom stereocenters. The molecule has 2 rings (SSSR count). The molecule has 0 aliphatic rings. The highest BCUT2D eigenvalue weighted by molar-refractivity contribution is 6.32. The summed E-state index contributed by atoms with van der Waals surface area (Å²) in [5.74, 6) is -0.160. The van der Waals surface area contributed by atoms with Gasteiger partial charge >= 0.3 is 0 Å². The summed E-state index contributed by atoms with van der Waals surface area (Å²) >= 11 is 5.86. The lowest BCUT2D eigenvalue weighted by Gasteiger charge is -2.07. The van der Waals surface area contributed by atoms with Gasteiger partial charge in [0.15, 0.2) is 0 Å². The summed E-state index contributed by atoms with van der Waals surface area (Å²) in [6, 6.07) is 4.79. The van der Waals surface area contributed by atoms with E-state index in [2.05, 4.69) is 20.3 Å². The molecule has 18 heavy (non-hydrogen) atoms. The topological polar surface area (TPSA) is 103 Å². The Morgan fingerprint density at radius 1 is 1.50 bits per heavy atom. The Labute approximate surface area is 107 Å². The Hall–Kier alpha value is -2.28. The Kier molecular flexibility index (Phi) is 3.33. The van der Waals surface area contributed by atoms with E-state index in [1.807, 2.05) is 0 Å². The Balaban J connectivity index is 2.20. The van der Waals surface area contributed by atoms with E-state index in [1.165, 1.54) is 7.11 Å². The minimum atomic E-state index is -0.530. The second kappa shape index (κ2) is 4.92. The number of benzene rings is 1. The van der Waals surface area contributed by atoms with Gasteiger partial charge in [-0.3, -0.25) is 4.79 Å². The number of nitrogen functional groups attached to an aromatic ring is 1. The summed E-state index contributed by atoms with van der Waals surface area (Å²) in [7, 11) is 1.48. The third-order valence-corrected chi connectivity index (χ3v) is 2.45. The molecule has 0 spiro atoms. The van der Waals surface area contributed by atoms with Crippen molar-refractivity contribution >= 4 is 29.0 Å². The van der Waals surface area contributed by atoms with Crippen LogP contribution in [0.3, 0.4) is 0 Å². The molecule has 0 bridgehead atoms. The SMILES string of the molecule is COc1cc(NC(=O)c2nonc2N)ccc1Cl. The maximum absolute atomic E-state index is 11.8. The lowest BCUT2D eigenvalue weighted by atomic mass is 10.3. The number of nitrogens with one attached hydrogen (secondary N) is 1. The summed E-state index contributed by atoms with van der Waals surface area (Å²) in [6.45, 7) is 0. The van der Waals surface area contributed by atoms with Gasteiger partial charge in [0, 0.05) is 11.8 Å². The number of hydrogen-bond donors (Lipinski definition) is 2. The van der Waals surface area contributed by atoms with Gasteiger partial charge in [0.1, 0.15) is 5.75 Å². The van der Waals surface area contributed by atoms with Gasteiger partial charge in [0.2, 0.25) is 11.5 Å². The number of carbonyl (C=O) groups is 1. The van der Waals surface area contributed by atoms with Gasteiger partial charge in [0.25, 0.3) is 5.91 Å². The van der Waals surface area contributed by atoms with Crippen LogP contribution in [0.5, 0.6) is 5.75 Å². The first-order chi connectivity index (χ1) is 8.61. The number of rotatable bonds is 3. The number of carbonyl (C=O) groups excluding carboxylic acids is 1. The van der Waals surface area contributed by atoms with Gasteiger partial charge < -0.3 is 15.8 Å².